The van der Waals surface area contributed by atoms with Gasteiger partial charge in [-0.2, -0.15) is 0 Å². The van der Waals surface area contributed by atoms with Crippen LogP contribution in [-0.4, -0.2) is 10.9 Å². The fourth-order valence-corrected chi connectivity index (χ4v) is 2.52. The molecule has 0 atom stereocenters. The Balaban J connectivity index is 2.04. The van der Waals surface area contributed by atoms with Crippen molar-refractivity contribution in [3.8, 4) is 0 Å². The van der Waals surface area contributed by atoms with Crippen LogP contribution in [0.15, 0.2) is 29.9 Å². The maximum Gasteiger partial charge on any atom is 0.252 e. The predicted octanol–water partition coefficient (Wildman–Crippen LogP) is 2.82. The van der Waals surface area contributed by atoms with E-state index < -0.39 is 0 Å². The van der Waals surface area contributed by atoms with Gasteiger partial charge in [0, 0.05) is 14.6 Å². The van der Waals surface area contributed by atoms with E-state index in [1.807, 2.05) is 22.6 Å². The van der Waals surface area contributed by atoms with E-state index in [0.717, 1.165) is 4.88 Å². The monoisotopic (exact) mass is 362 g/mol. The summed E-state index contributed by atoms with van der Waals surface area (Å²) in [5, 5.41) is 2.77. The molecule has 88 valence electrons. The molecule has 0 aliphatic rings. The summed E-state index contributed by atoms with van der Waals surface area (Å²) in [7, 11) is 0. The predicted molar refractivity (Wildman–Crippen MR) is 72.4 cm³/mol. The summed E-state index contributed by atoms with van der Waals surface area (Å²) in [6.07, 6.45) is 1.71. The minimum absolute atomic E-state index is 0.206. The van der Waals surface area contributed by atoms with Crippen LogP contribution in [0.4, 0.5) is 4.39 Å². The van der Waals surface area contributed by atoms with Crippen molar-refractivity contribution in [1.82, 2.24) is 10.3 Å². The van der Waals surface area contributed by atoms with Crippen LogP contribution in [0.5, 0.6) is 0 Å². The van der Waals surface area contributed by atoms with Crippen molar-refractivity contribution in [2.45, 2.75) is 6.54 Å². The molecule has 1 heterocycles. The Morgan fingerprint density at radius 2 is 2.35 bits per heavy atom. The van der Waals surface area contributed by atoms with E-state index in [1.165, 1.54) is 29.5 Å². The van der Waals surface area contributed by atoms with E-state index in [4.69, 9.17) is 0 Å². The number of amides is 1. The van der Waals surface area contributed by atoms with Crippen LogP contribution >= 0.6 is 33.9 Å². The van der Waals surface area contributed by atoms with Crippen LogP contribution < -0.4 is 5.32 Å². The van der Waals surface area contributed by atoms with Crippen molar-refractivity contribution >= 4 is 39.8 Å². The Kier molecular flexibility index (Phi) is 4.06. The quantitative estimate of drug-likeness (QED) is 0.854. The van der Waals surface area contributed by atoms with Gasteiger partial charge >= 0.3 is 0 Å². The van der Waals surface area contributed by atoms with Crippen LogP contribution in [0.2, 0.25) is 0 Å². The van der Waals surface area contributed by atoms with Crippen molar-refractivity contribution in [2.75, 3.05) is 0 Å². The Bertz CT molecular complexity index is 530. The molecule has 0 spiro atoms. The highest BCUT2D eigenvalue weighted by Crippen LogP contribution is 2.14. The van der Waals surface area contributed by atoms with Crippen molar-refractivity contribution in [3.63, 3.8) is 0 Å². The molecular formula is C11H8FIN2OS. The lowest BCUT2D eigenvalue weighted by molar-refractivity contribution is 0.0950. The number of nitrogens with one attached hydrogen (secondary N) is 1. The number of benzene rings is 1. The second-order valence-electron chi connectivity index (χ2n) is 3.27. The first kappa shape index (κ1) is 12.4. The molecule has 6 heteroatoms. The molecule has 0 aliphatic heterocycles. The third-order valence-electron chi connectivity index (χ3n) is 2.08. The molecule has 0 radical (unpaired) electrons. The fourth-order valence-electron chi connectivity index (χ4n) is 1.27. The standard InChI is InChI=1S/C11H8FIN2OS/c12-7-1-2-9(10(13)3-7)11(16)15-5-8-4-14-6-17-8/h1-4,6H,5H2,(H,15,16). The van der Waals surface area contributed by atoms with E-state index in [0.29, 0.717) is 15.7 Å². The molecule has 0 unspecified atom stereocenters. The summed E-state index contributed by atoms with van der Waals surface area (Å²) in [5.74, 6) is -0.545. The zero-order valence-corrected chi connectivity index (χ0v) is 11.6. The lowest BCUT2D eigenvalue weighted by Crippen LogP contribution is -2.23. The highest BCUT2D eigenvalue weighted by atomic mass is 127. The number of thiazole rings is 1. The number of aromatic nitrogens is 1. The molecule has 1 N–H and O–H groups in total. The van der Waals surface area contributed by atoms with E-state index in [-0.39, 0.29) is 11.7 Å². The molecule has 1 aromatic heterocycles. The topological polar surface area (TPSA) is 42.0 Å². The molecule has 1 amide bonds. The molecule has 0 fully saturated rings. The van der Waals surface area contributed by atoms with Crippen LogP contribution in [0.3, 0.4) is 0 Å². The number of hydrogen-bond acceptors (Lipinski definition) is 3. The Hall–Kier alpha value is -1.02. The van der Waals surface area contributed by atoms with Crippen LogP contribution in [-0.2, 0) is 6.54 Å². The van der Waals surface area contributed by atoms with Gasteiger partial charge in [0.1, 0.15) is 5.82 Å². The van der Waals surface area contributed by atoms with Crippen molar-refractivity contribution in [2.24, 2.45) is 0 Å². The molecule has 0 aliphatic carbocycles. The SMILES string of the molecule is O=C(NCc1cncs1)c1ccc(F)cc1I. The maximum atomic E-state index is 12.9. The number of hydrogen-bond donors (Lipinski definition) is 1. The highest BCUT2D eigenvalue weighted by molar-refractivity contribution is 14.1. The van der Waals surface area contributed by atoms with Gasteiger partial charge < -0.3 is 5.32 Å². The van der Waals surface area contributed by atoms with E-state index in [9.17, 15) is 9.18 Å². The zero-order valence-electron chi connectivity index (χ0n) is 8.61. The largest absolute Gasteiger partial charge is 0.347 e. The number of halogens is 2. The van der Waals surface area contributed by atoms with Gasteiger partial charge in [-0.15, -0.1) is 11.3 Å². The van der Waals surface area contributed by atoms with Gasteiger partial charge in [-0.25, -0.2) is 4.39 Å². The Morgan fingerprint density at radius 1 is 1.53 bits per heavy atom. The second-order valence-corrected chi connectivity index (χ2v) is 5.41. The van der Waals surface area contributed by atoms with Crippen LogP contribution in [0.1, 0.15) is 15.2 Å². The second kappa shape index (κ2) is 5.54. The van der Waals surface area contributed by atoms with Gasteiger partial charge in [-0.05, 0) is 40.8 Å². The maximum absolute atomic E-state index is 12.9. The molecule has 2 rings (SSSR count). The van der Waals surface area contributed by atoms with Gasteiger partial charge in [-0.1, -0.05) is 0 Å². The van der Waals surface area contributed by atoms with Crippen LogP contribution in [0.25, 0.3) is 0 Å². The van der Waals surface area contributed by atoms with E-state index in [1.54, 1.807) is 11.7 Å². The third kappa shape index (κ3) is 3.22. The Labute approximate surface area is 115 Å². The van der Waals surface area contributed by atoms with E-state index in [2.05, 4.69) is 10.3 Å². The van der Waals surface area contributed by atoms with Gasteiger partial charge in [0.25, 0.3) is 5.91 Å². The molecule has 1 aromatic carbocycles. The average molecular weight is 362 g/mol. The van der Waals surface area contributed by atoms with Gasteiger partial charge in [-0.3, -0.25) is 9.78 Å². The van der Waals surface area contributed by atoms with Gasteiger partial charge in [0.05, 0.1) is 17.6 Å². The number of rotatable bonds is 3. The zero-order chi connectivity index (χ0) is 12.3. The summed E-state index contributed by atoms with van der Waals surface area (Å²) in [6, 6.07) is 4.10. The van der Waals surface area contributed by atoms with Crippen LogP contribution in [0, 0.1) is 9.39 Å². The highest BCUT2D eigenvalue weighted by Gasteiger charge is 2.10. The molecule has 2 aromatic rings. The summed E-state index contributed by atoms with van der Waals surface area (Å²) in [5.41, 5.74) is 2.19. The summed E-state index contributed by atoms with van der Waals surface area (Å²) in [6.45, 7) is 0.441. The average Bonchev–Trinajstić information content (AvgIpc) is 2.78. The number of carbonyl (C=O) groups is 1. The van der Waals surface area contributed by atoms with E-state index >= 15 is 0 Å². The minimum Gasteiger partial charge on any atom is -0.347 e. The molecule has 0 saturated heterocycles. The van der Waals surface area contributed by atoms with Crippen molar-refractivity contribution < 1.29 is 9.18 Å². The molecule has 17 heavy (non-hydrogen) atoms. The van der Waals surface area contributed by atoms with Gasteiger partial charge in [0.2, 0.25) is 0 Å². The minimum atomic E-state index is -0.339. The normalized spacial score (nSPS) is 10.2. The van der Waals surface area contributed by atoms with Crippen molar-refractivity contribution in [3.05, 3.63) is 49.7 Å². The van der Waals surface area contributed by atoms with Gasteiger partial charge in [0.15, 0.2) is 0 Å². The smallest absolute Gasteiger partial charge is 0.252 e. The fraction of sp³-hybridized carbons (Fsp3) is 0.0909. The first-order valence-electron chi connectivity index (χ1n) is 4.77. The van der Waals surface area contributed by atoms with Crippen molar-refractivity contribution in [1.29, 1.82) is 0 Å². The first-order valence-corrected chi connectivity index (χ1v) is 6.73. The Morgan fingerprint density at radius 3 is 3.00 bits per heavy atom. The molecule has 0 saturated carbocycles. The summed E-state index contributed by atoms with van der Waals surface area (Å²) < 4.78 is 13.5. The lowest BCUT2D eigenvalue weighted by Gasteiger charge is -2.05. The number of carbonyl (C=O) groups excluding carboxylic acids is 1. The molecule has 3 nitrogen and oxygen atoms in total. The lowest BCUT2D eigenvalue weighted by atomic mass is 10.2. The summed E-state index contributed by atoms with van der Waals surface area (Å²) in [4.78, 5) is 16.7. The summed E-state index contributed by atoms with van der Waals surface area (Å²) >= 11 is 3.42. The third-order valence-corrected chi connectivity index (χ3v) is 3.75. The molecule has 0 bridgehead atoms. The first-order chi connectivity index (χ1) is 8.16. The number of nitrogens with zero attached hydrogens (tertiary/aromatic N) is 1. The molecular weight excluding hydrogens is 354 g/mol.